The van der Waals surface area contributed by atoms with Crippen LogP contribution in [0.25, 0.3) is 22.9 Å². The van der Waals surface area contributed by atoms with Crippen molar-refractivity contribution in [1.82, 2.24) is 5.32 Å². The number of amides is 2. The molecule has 0 saturated carbocycles. The zero-order valence-electron chi connectivity index (χ0n) is 22.2. The first-order valence-corrected chi connectivity index (χ1v) is 13.4. The molecule has 0 heterocycles. The summed E-state index contributed by atoms with van der Waals surface area (Å²) in [7, 11) is 0. The molecule has 0 radical (unpaired) electrons. The van der Waals surface area contributed by atoms with E-state index in [0.717, 1.165) is 16.3 Å². The Bertz CT molecular complexity index is 1820. The fourth-order valence-corrected chi connectivity index (χ4v) is 4.54. The number of allylic oxidation sites excluding steroid dienone is 1. The predicted octanol–water partition coefficient (Wildman–Crippen LogP) is 7.94. The number of rotatable bonds is 8. The van der Waals surface area contributed by atoms with E-state index >= 15 is 0 Å². The van der Waals surface area contributed by atoms with Crippen LogP contribution in [-0.4, -0.2) is 17.6 Å². The first-order chi connectivity index (χ1) is 20.4. The van der Waals surface area contributed by atoms with Crippen LogP contribution in [0.2, 0.25) is 5.02 Å². The van der Waals surface area contributed by atoms with E-state index in [9.17, 15) is 18.8 Å². The fourth-order valence-electron chi connectivity index (χ4n) is 4.32. The van der Waals surface area contributed by atoms with Crippen molar-refractivity contribution in [2.24, 2.45) is 0 Å². The van der Waals surface area contributed by atoms with Crippen LogP contribution in [0.15, 0.2) is 127 Å². The van der Waals surface area contributed by atoms with Crippen molar-refractivity contribution in [3.8, 4) is 0 Å². The highest BCUT2D eigenvalue weighted by Crippen LogP contribution is 2.23. The Hall–Kier alpha value is -5.33. The molecule has 2 N–H and O–H groups in total. The summed E-state index contributed by atoms with van der Waals surface area (Å²) in [5.74, 6) is -1.87. The summed E-state index contributed by atoms with van der Waals surface area (Å²) in [6, 6.07) is 32.6. The van der Waals surface area contributed by atoms with Gasteiger partial charge in [0, 0.05) is 22.4 Å². The average molecular weight is 575 g/mol. The molecule has 2 amide bonds. The Morgan fingerprint density at radius 1 is 0.714 bits per heavy atom. The highest BCUT2D eigenvalue weighted by atomic mass is 35.5. The Morgan fingerprint density at radius 3 is 2.17 bits per heavy atom. The lowest BCUT2D eigenvalue weighted by molar-refractivity contribution is -0.113. The van der Waals surface area contributed by atoms with Gasteiger partial charge in [0.2, 0.25) is 0 Å². The van der Waals surface area contributed by atoms with E-state index in [1.807, 2.05) is 42.5 Å². The Labute approximate surface area is 247 Å². The van der Waals surface area contributed by atoms with E-state index in [1.165, 1.54) is 30.4 Å². The van der Waals surface area contributed by atoms with Gasteiger partial charge in [0.1, 0.15) is 11.5 Å². The van der Waals surface area contributed by atoms with Gasteiger partial charge in [0.15, 0.2) is 5.78 Å². The van der Waals surface area contributed by atoms with Crippen LogP contribution in [0, 0.1) is 5.82 Å². The van der Waals surface area contributed by atoms with Crippen molar-refractivity contribution >= 4 is 57.8 Å². The first kappa shape index (κ1) is 28.2. The maximum Gasteiger partial charge on any atom is 0.272 e. The third-order valence-corrected chi connectivity index (χ3v) is 6.81. The van der Waals surface area contributed by atoms with Gasteiger partial charge in [-0.1, -0.05) is 78.3 Å². The zero-order valence-corrected chi connectivity index (χ0v) is 22.9. The van der Waals surface area contributed by atoms with E-state index < -0.39 is 17.6 Å². The summed E-state index contributed by atoms with van der Waals surface area (Å²) < 4.78 is 14.0. The number of halogens is 2. The molecular formula is C35H24ClFN2O3. The number of benzene rings is 5. The SMILES string of the molecule is O=C(Nc1ccc(C(=O)/C=C/c2c(F)cccc2Cl)cc1)/C(=C/c1cccc2ccccc12)NC(=O)c1ccccc1. The Balaban J connectivity index is 1.37. The lowest BCUT2D eigenvalue weighted by atomic mass is 10.0. The number of nitrogens with one attached hydrogen (secondary N) is 2. The minimum atomic E-state index is -0.541. The highest BCUT2D eigenvalue weighted by Gasteiger charge is 2.16. The topological polar surface area (TPSA) is 75.3 Å². The van der Waals surface area contributed by atoms with Crippen molar-refractivity contribution in [2.75, 3.05) is 5.32 Å². The molecule has 5 rings (SSSR count). The third kappa shape index (κ3) is 6.69. The lowest BCUT2D eigenvalue weighted by Gasteiger charge is -2.12. The Kier molecular flexibility index (Phi) is 8.66. The number of carbonyl (C=O) groups is 3. The number of carbonyl (C=O) groups excluding carboxylic acids is 3. The van der Waals surface area contributed by atoms with Crippen molar-refractivity contribution < 1.29 is 18.8 Å². The normalized spacial score (nSPS) is 11.4. The molecule has 0 aliphatic heterocycles. The van der Waals surface area contributed by atoms with Gasteiger partial charge in [-0.2, -0.15) is 0 Å². The summed E-state index contributed by atoms with van der Waals surface area (Å²) in [4.78, 5) is 39.1. The van der Waals surface area contributed by atoms with Gasteiger partial charge in [-0.25, -0.2) is 4.39 Å². The fraction of sp³-hybridized carbons (Fsp3) is 0. The molecule has 0 aromatic heterocycles. The quantitative estimate of drug-likeness (QED) is 0.146. The van der Waals surface area contributed by atoms with E-state index in [0.29, 0.717) is 16.8 Å². The van der Waals surface area contributed by atoms with E-state index in [2.05, 4.69) is 10.6 Å². The number of ketones is 1. The molecule has 0 aliphatic carbocycles. The maximum absolute atomic E-state index is 14.0. The van der Waals surface area contributed by atoms with Gasteiger partial charge in [-0.05, 0) is 83.1 Å². The van der Waals surface area contributed by atoms with Crippen molar-refractivity contribution in [1.29, 1.82) is 0 Å². The summed E-state index contributed by atoms with van der Waals surface area (Å²) in [6.07, 6.45) is 4.20. The predicted molar refractivity (Wildman–Crippen MR) is 166 cm³/mol. The van der Waals surface area contributed by atoms with Crippen LogP contribution in [0.5, 0.6) is 0 Å². The molecule has 42 heavy (non-hydrogen) atoms. The molecule has 5 nitrogen and oxygen atoms in total. The molecule has 0 bridgehead atoms. The molecule has 0 fully saturated rings. The molecule has 7 heteroatoms. The van der Waals surface area contributed by atoms with Crippen molar-refractivity contribution in [3.05, 3.63) is 160 Å². The van der Waals surface area contributed by atoms with E-state index in [-0.39, 0.29) is 22.1 Å². The second-order valence-electron chi connectivity index (χ2n) is 9.31. The summed E-state index contributed by atoms with van der Waals surface area (Å²) in [5, 5.41) is 7.64. The number of fused-ring (bicyclic) bond motifs is 1. The summed E-state index contributed by atoms with van der Waals surface area (Å²) >= 11 is 6.03. The van der Waals surface area contributed by atoms with Gasteiger partial charge < -0.3 is 10.6 Å². The van der Waals surface area contributed by atoms with Crippen LogP contribution in [0.3, 0.4) is 0 Å². The van der Waals surface area contributed by atoms with Crippen LogP contribution in [-0.2, 0) is 4.79 Å². The monoisotopic (exact) mass is 574 g/mol. The molecule has 0 spiro atoms. The van der Waals surface area contributed by atoms with Crippen LogP contribution < -0.4 is 10.6 Å². The van der Waals surface area contributed by atoms with Gasteiger partial charge in [-0.15, -0.1) is 0 Å². The number of anilines is 1. The minimum absolute atomic E-state index is 0.0464. The molecule has 0 atom stereocenters. The van der Waals surface area contributed by atoms with E-state index in [4.69, 9.17) is 11.6 Å². The van der Waals surface area contributed by atoms with Gasteiger partial charge in [0.05, 0.1) is 5.02 Å². The number of hydrogen-bond acceptors (Lipinski definition) is 3. The van der Waals surface area contributed by atoms with Crippen LogP contribution in [0.4, 0.5) is 10.1 Å². The highest BCUT2D eigenvalue weighted by molar-refractivity contribution is 6.32. The molecule has 0 unspecified atom stereocenters. The largest absolute Gasteiger partial charge is 0.321 e. The van der Waals surface area contributed by atoms with Gasteiger partial charge >= 0.3 is 0 Å². The molecule has 0 aliphatic rings. The van der Waals surface area contributed by atoms with E-state index in [1.54, 1.807) is 60.7 Å². The minimum Gasteiger partial charge on any atom is -0.321 e. The smallest absolute Gasteiger partial charge is 0.272 e. The summed E-state index contributed by atoms with van der Waals surface area (Å²) in [6.45, 7) is 0. The number of hydrogen-bond donors (Lipinski definition) is 2. The zero-order chi connectivity index (χ0) is 29.5. The Morgan fingerprint density at radius 2 is 1.40 bits per heavy atom. The molecular weight excluding hydrogens is 551 g/mol. The third-order valence-electron chi connectivity index (χ3n) is 6.48. The average Bonchev–Trinajstić information content (AvgIpc) is 3.01. The van der Waals surface area contributed by atoms with Crippen molar-refractivity contribution in [3.63, 3.8) is 0 Å². The molecule has 5 aromatic carbocycles. The lowest BCUT2D eigenvalue weighted by Crippen LogP contribution is -2.30. The second-order valence-corrected chi connectivity index (χ2v) is 9.72. The van der Waals surface area contributed by atoms with Crippen LogP contribution >= 0.6 is 11.6 Å². The van der Waals surface area contributed by atoms with Gasteiger partial charge in [-0.3, -0.25) is 14.4 Å². The van der Waals surface area contributed by atoms with Crippen LogP contribution in [0.1, 0.15) is 31.8 Å². The second kappa shape index (κ2) is 12.9. The van der Waals surface area contributed by atoms with Gasteiger partial charge in [0.25, 0.3) is 11.8 Å². The molecule has 206 valence electrons. The molecule has 0 saturated heterocycles. The molecule has 5 aromatic rings. The first-order valence-electron chi connectivity index (χ1n) is 13.0. The van der Waals surface area contributed by atoms with Crippen molar-refractivity contribution in [2.45, 2.75) is 0 Å². The standard InChI is InChI=1S/C35H24ClFN2O3/c36-30-14-7-15-31(37)29(30)20-21-33(40)24-16-18-27(19-17-24)38-35(42)32(39-34(41)25-9-2-1-3-10-25)22-26-12-6-11-23-8-4-5-13-28(23)26/h1-22H,(H,38,42)(H,39,41)/b21-20+,32-22-. The maximum atomic E-state index is 14.0. The summed E-state index contributed by atoms with van der Waals surface area (Å²) in [5.41, 5.74) is 2.08.